The maximum absolute atomic E-state index is 12.2. The SMILES string of the molecule is CC(C)(C)c1ccc(NC(=O)c2cc(Br)cnc2Cl)cc1. The first kappa shape index (κ1) is 16.0. The lowest BCUT2D eigenvalue weighted by Gasteiger charge is -2.19. The number of benzene rings is 1. The molecular weight excluding hydrogens is 352 g/mol. The Kier molecular flexibility index (Phi) is 4.69. The van der Waals surface area contributed by atoms with E-state index in [1.165, 1.54) is 5.56 Å². The topological polar surface area (TPSA) is 42.0 Å². The molecule has 5 heteroatoms. The molecule has 0 bridgehead atoms. The number of hydrogen-bond donors (Lipinski definition) is 1. The average Bonchev–Trinajstić information content (AvgIpc) is 2.41. The molecule has 21 heavy (non-hydrogen) atoms. The summed E-state index contributed by atoms with van der Waals surface area (Å²) in [6.45, 7) is 6.44. The van der Waals surface area contributed by atoms with E-state index in [4.69, 9.17) is 11.6 Å². The molecular formula is C16H16BrClN2O. The quantitative estimate of drug-likeness (QED) is 0.755. The van der Waals surface area contributed by atoms with E-state index in [0.29, 0.717) is 10.0 Å². The lowest BCUT2D eigenvalue weighted by molar-refractivity contribution is 0.102. The first-order chi connectivity index (χ1) is 9.77. The van der Waals surface area contributed by atoms with Crippen LogP contribution in [0.1, 0.15) is 36.7 Å². The largest absolute Gasteiger partial charge is 0.322 e. The van der Waals surface area contributed by atoms with Crippen LogP contribution in [0.3, 0.4) is 0 Å². The average molecular weight is 368 g/mol. The van der Waals surface area contributed by atoms with E-state index in [1.54, 1.807) is 12.3 Å². The molecule has 1 N–H and O–H groups in total. The number of carbonyl (C=O) groups is 1. The predicted molar refractivity (Wildman–Crippen MR) is 90.0 cm³/mol. The van der Waals surface area contributed by atoms with Crippen LogP contribution in [-0.4, -0.2) is 10.9 Å². The Morgan fingerprint density at radius 2 is 1.86 bits per heavy atom. The van der Waals surface area contributed by atoms with Gasteiger partial charge in [-0.25, -0.2) is 4.98 Å². The van der Waals surface area contributed by atoms with Gasteiger partial charge in [0.2, 0.25) is 0 Å². The third-order valence-corrected chi connectivity index (χ3v) is 3.79. The zero-order valence-electron chi connectivity index (χ0n) is 12.1. The van der Waals surface area contributed by atoms with E-state index in [0.717, 1.165) is 5.69 Å². The highest BCUT2D eigenvalue weighted by molar-refractivity contribution is 9.10. The third kappa shape index (κ3) is 4.05. The van der Waals surface area contributed by atoms with Crippen LogP contribution in [0.2, 0.25) is 5.15 Å². The molecule has 0 saturated carbocycles. The summed E-state index contributed by atoms with van der Waals surface area (Å²) in [4.78, 5) is 16.2. The normalized spacial score (nSPS) is 11.3. The lowest BCUT2D eigenvalue weighted by atomic mass is 9.87. The standard InChI is InChI=1S/C16H16BrClN2O/c1-16(2,3)10-4-6-12(7-5-10)20-15(21)13-8-11(17)9-19-14(13)18/h4-9H,1-3H3,(H,20,21). The lowest BCUT2D eigenvalue weighted by Crippen LogP contribution is -2.14. The molecule has 0 spiro atoms. The van der Waals surface area contributed by atoms with Crippen molar-refractivity contribution in [2.45, 2.75) is 26.2 Å². The van der Waals surface area contributed by atoms with Gasteiger partial charge in [-0.05, 0) is 45.1 Å². The Bertz CT molecular complexity index is 663. The Labute approximate surface area is 137 Å². The van der Waals surface area contributed by atoms with E-state index >= 15 is 0 Å². The molecule has 0 aliphatic heterocycles. The van der Waals surface area contributed by atoms with Crippen LogP contribution in [0, 0.1) is 0 Å². The van der Waals surface area contributed by atoms with Crippen LogP contribution >= 0.6 is 27.5 Å². The molecule has 0 atom stereocenters. The van der Waals surface area contributed by atoms with Gasteiger partial charge in [0.05, 0.1) is 5.56 Å². The Morgan fingerprint density at radius 3 is 2.43 bits per heavy atom. The summed E-state index contributed by atoms with van der Waals surface area (Å²) in [5.74, 6) is -0.280. The molecule has 0 saturated heterocycles. The van der Waals surface area contributed by atoms with Crippen LogP contribution in [-0.2, 0) is 5.41 Å². The van der Waals surface area contributed by atoms with Crippen molar-refractivity contribution in [2.75, 3.05) is 5.32 Å². The van der Waals surface area contributed by atoms with E-state index in [-0.39, 0.29) is 16.5 Å². The number of hydrogen-bond acceptors (Lipinski definition) is 2. The fourth-order valence-corrected chi connectivity index (χ4v) is 2.35. The second kappa shape index (κ2) is 6.16. The van der Waals surface area contributed by atoms with Crippen molar-refractivity contribution < 1.29 is 4.79 Å². The van der Waals surface area contributed by atoms with E-state index in [9.17, 15) is 4.79 Å². The third-order valence-electron chi connectivity index (χ3n) is 3.06. The molecule has 2 rings (SSSR count). The summed E-state index contributed by atoms with van der Waals surface area (Å²) in [6, 6.07) is 9.44. The minimum Gasteiger partial charge on any atom is -0.322 e. The van der Waals surface area contributed by atoms with Crippen LogP contribution in [0.25, 0.3) is 0 Å². The summed E-state index contributed by atoms with van der Waals surface area (Å²) in [7, 11) is 0. The van der Waals surface area contributed by atoms with Gasteiger partial charge >= 0.3 is 0 Å². The fourth-order valence-electron chi connectivity index (χ4n) is 1.83. The smallest absolute Gasteiger partial charge is 0.258 e. The summed E-state index contributed by atoms with van der Waals surface area (Å²) >= 11 is 9.23. The van der Waals surface area contributed by atoms with Crippen molar-refractivity contribution >= 4 is 39.1 Å². The van der Waals surface area contributed by atoms with E-state index in [1.807, 2.05) is 24.3 Å². The minimum absolute atomic E-state index is 0.0834. The number of rotatable bonds is 2. The number of aromatic nitrogens is 1. The van der Waals surface area contributed by atoms with Gasteiger partial charge in [0.15, 0.2) is 0 Å². The summed E-state index contributed by atoms with van der Waals surface area (Å²) in [5, 5.41) is 3.00. The van der Waals surface area contributed by atoms with Gasteiger partial charge in [-0.2, -0.15) is 0 Å². The molecule has 1 aromatic carbocycles. The maximum atomic E-state index is 12.2. The predicted octanol–water partition coefficient (Wildman–Crippen LogP) is 5.05. The van der Waals surface area contributed by atoms with Gasteiger partial charge in [-0.3, -0.25) is 4.79 Å². The summed E-state index contributed by atoms with van der Waals surface area (Å²) in [6.07, 6.45) is 1.55. The van der Waals surface area contributed by atoms with Crippen LogP contribution in [0.4, 0.5) is 5.69 Å². The molecule has 0 radical (unpaired) electrons. The number of anilines is 1. The zero-order valence-corrected chi connectivity index (χ0v) is 14.4. The van der Waals surface area contributed by atoms with Crippen LogP contribution < -0.4 is 5.32 Å². The van der Waals surface area contributed by atoms with Crippen molar-refractivity contribution in [1.29, 1.82) is 0 Å². The fraction of sp³-hybridized carbons (Fsp3) is 0.250. The monoisotopic (exact) mass is 366 g/mol. The van der Waals surface area contributed by atoms with Crippen LogP contribution in [0.15, 0.2) is 41.0 Å². The Balaban J connectivity index is 2.18. The highest BCUT2D eigenvalue weighted by Gasteiger charge is 2.15. The van der Waals surface area contributed by atoms with Crippen molar-refractivity contribution in [3.8, 4) is 0 Å². The molecule has 110 valence electrons. The van der Waals surface area contributed by atoms with Gasteiger partial charge in [0, 0.05) is 16.4 Å². The zero-order chi connectivity index (χ0) is 15.6. The van der Waals surface area contributed by atoms with Gasteiger partial charge in [-0.15, -0.1) is 0 Å². The highest BCUT2D eigenvalue weighted by atomic mass is 79.9. The maximum Gasteiger partial charge on any atom is 0.258 e. The van der Waals surface area contributed by atoms with Crippen LogP contribution in [0.5, 0.6) is 0 Å². The molecule has 2 aromatic rings. The van der Waals surface area contributed by atoms with Crippen molar-refractivity contribution in [1.82, 2.24) is 4.98 Å². The number of nitrogens with zero attached hydrogens (tertiary/aromatic N) is 1. The van der Waals surface area contributed by atoms with Crippen molar-refractivity contribution in [3.05, 3.63) is 57.3 Å². The van der Waals surface area contributed by atoms with Gasteiger partial charge in [-0.1, -0.05) is 44.5 Å². The van der Waals surface area contributed by atoms with E-state index < -0.39 is 0 Å². The number of carbonyl (C=O) groups excluding carboxylic acids is 1. The van der Waals surface area contributed by atoms with Gasteiger partial charge < -0.3 is 5.32 Å². The molecule has 0 unspecified atom stereocenters. The second-order valence-corrected chi connectivity index (χ2v) is 7.05. The van der Waals surface area contributed by atoms with Gasteiger partial charge in [0.25, 0.3) is 5.91 Å². The number of nitrogens with one attached hydrogen (secondary N) is 1. The molecule has 0 aliphatic rings. The first-order valence-electron chi connectivity index (χ1n) is 6.50. The number of pyridine rings is 1. The van der Waals surface area contributed by atoms with Crippen molar-refractivity contribution in [3.63, 3.8) is 0 Å². The molecule has 1 aromatic heterocycles. The van der Waals surface area contributed by atoms with Gasteiger partial charge in [0.1, 0.15) is 5.15 Å². The minimum atomic E-state index is -0.280. The molecule has 0 fully saturated rings. The number of halogens is 2. The molecule has 3 nitrogen and oxygen atoms in total. The number of amides is 1. The highest BCUT2D eigenvalue weighted by Crippen LogP contribution is 2.24. The van der Waals surface area contributed by atoms with E-state index in [2.05, 4.69) is 47.0 Å². The second-order valence-electron chi connectivity index (χ2n) is 5.77. The molecule has 0 aliphatic carbocycles. The Hall–Kier alpha value is -1.39. The van der Waals surface area contributed by atoms with Crippen molar-refractivity contribution in [2.24, 2.45) is 0 Å². The molecule has 1 heterocycles. The summed E-state index contributed by atoms with van der Waals surface area (Å²) in [5.41, 5.74) is 2.36. The first-order valence-corrected chi connectivity index (χ1v) is 7.67. The molecule has 1 amide bonds. The summed E-state index contributed by atoms with van der Waals surface area (Å²) < 4.78 is 0.708. The Morgan fingerprint density at radius 1 is 1.24 bits per heavy atom.